The van der Waals surface area contributed by atoms with E-state index >= 15 is 33.2 Å². The number of aromatic nitrogens is 4. The number of piperidine rings is 1. The molecule has 5 aliphatic heterocycles. The van der Waals surface area contributed by atoms with Gasteiger partial charge in [-0.1, -0.05) is 65.9 Å². The van der Waals surface area contributed by atoms with Crippen molar-refractivity contribution in [2.75, 3.05) is 101 Å². The molecule has 34 nitrogen and oxygen atoms in total. The van der Waals surface area contributed by atoms with Crippen LogP contribution in [-0.2, 0) is 124 Å². The molecule has 6 aromatic rings. The zero-order valence-electron chi connectivity index (χ0n) is 67.6. The van der Waals surface area contributed by atoms with Gasteiger partial charge in [0, 0.05) is 101 Å². The molecular weight excluding hydrogens is 1530 g/mol. The number of benzene rings is 4. The Bertz CT molecular complexity index is 4720. The molecule has 2 saturated heterocycles. The zero-order chi connectivity index (χ0) is 84.2. The van der Waals surface area contributed by atoms with Crippen LogP contribution in [0.3, 0.4) is 0 Å². The third-order valence-electron chi connectivity index (χ3n) is 22.8. The van der Waals surface area contributed by atoms with E-state index in [4.69, 9.17) is 18.9 Å². The molecule has 14 bridgehead atoms. The van der Waals surface area contributed by atoms with E-state index in [1.807, 2.05) is 45.4 Å². The highest BCUT2D eigenvalue weighted by Gasteiger charge is 2.77. The maximum Gasteiger partial charge on any atom is 0.246 e. The molecule has 11 atom stereocenters. The molecule has 3 fully saturated rings. The lowest BCUT2D eigenvalue weighted by Crippen LogP contribution is -2.62. The summed E-state index contributed by atoms with van der Waals surface area (Å²) in [6.45, 7) is 4.78. The van der Waals surface area contributed by atoms with Crippen LogP contribution in [0.1, 0.15) is 98.4 Å². The Balaban J connectivity index is 0.948. The van der Waals surface area contributed by atoms with Gasteiger partial charge in [0.1, 0.15) is 77.6 Å². The predicted molar refractivity (Wildman–Crippen MR) is 424 cm³/mol. The number of carbonyl (C=O) groups is 12. The molecule has 118 heavy (non-hydrogen) atoms. The topological polar surface area (TPSA) is 416 Å². The normalized spacial score (nSPS) is 25.5. The number of carbonyl (C=O) groups excluding carboxylic acids is 12. The maximum atomic E-state index is 16.3. The molecule has 2 aromatic heterocycles. The second-order valence-corrected chi connectivity index (χ2v) is 32.5. The molecule has 632 valence electrons. The number of aliphatic hydroxyl groups is 1. The second kappa shape index (κ2) is 38.0. The van der Waals surface area contributed by atoms with E-state index in [2.05, 4.69) is 58.2 Å². The average Bonchev–Trinajstić information content (AvgIpc) is 1.51. The van der Waals surface area contributed by atoms with Crippen molar-refractivity contribution in [3.8, 4) is 5.75 Å². The van der Waals surface area contributed by atoms with Crippen molar-refractivity contribution >= 4 is 81.8 Å². The summed E-state index contributed by atoms with van der Waals surface area (Å²) in [5.74, 6) is -9.24. The molecule has 12 amide bonds. The molecule has 12 rings (SSSR count). The Morgan fingerprint density at radius 3 is 2.19 bits per heavy atom. The number of ether oxygens (including phenoxy) is 4. The first-order valence-corrected chi connectivity index (χ1v) is 40.2. The van der Waals surface area contributed by atoms with Crippen molar-refractivity contribution < 1.29 is 90.5 Å². The summed E-state index contributed by atoms with van der Waals surface area (Å²) in [7, 11) is 7.59. The molecule has 35 heteroatoms. The summed E-state index contributed by atoms with van der Waals surface area (Å²) in [6, 6.07) is 14.1. The van der Waals surface area contributed by atoms with E-state index in [1.165, 1.54) is 49.0 Å². The number of hydrogen-bond donors (Lipinski definition) is 10. The third-order valence-corrected chi connectivity index (χ3v) is 22.8. The van der Waals surface area contributed by atoms with E-state index in [9.17, 15) is 33.9 Å². The number of nitrogens with one attached hydrogen (secondary N) is 9. The smallest absolute Gasteiger partial charge is 0.246 e. The Hall–Kier alpha value is -11.3. The van der Waals surface area contributed by atoms with Crippen molar-refractivity contribution in [1.82, 2.24) is 82.1 Å². The molecule has 6 aliphatic rings. The van der Waals surface area contributed by atoms with Gasteiger partial charge in [0.15, 0.2) is 0 Å². The maximum absolute atomic E-state index is 16.3. The summed E-state index contributed by atoms with van der Waals surface area (Å²) in [6.07, 6.45) is -0.578. The lowest BCUT2D eigenvalue weighted by atomic mass is 9.95. The number of rotatable bonds is 15. The zero-order valence-corrected chi connectivity index (χ0v) is 67.6. The van der Waals surface area contributed by atoms with Gasteiger partial charge < -0.3 is 95.7 Å². The Kier molecular flexibility index (Phi) is 27.7. The van der Waals surface area contributed by atoms with E-state index in [0.717, 1.165) is 12.1 Å². The van der Waals surface area contributed by atoms with Gasteiger partial charge in [-0.3, -0.25) is 62.2 Å². The minimum Gasteiger partial charge on any atom is -0.497 e. The molecule has 1 saturated carbocycles. The summed E-state index contributed by atoms with van der Waals surface area (Å²) in [5.41, 5.74) is 0.990. The van der Waals surface area contributed by atoms with Gasteiger partial charge in [0.05, 0.1) is 92.2 Å². The van der Waals surface area contributed by atoms with Crippen LogP contribution in [0, 0.1) is 11.2 Å². The fourth-order valence-corrected chi connectivity index (χ4v) is 16.1. The van der Waals surface area contributed by atoms with Crippen LogP contribution < -0.4 is 52.6 Å². The quantitative estimate of drug-likeness (QED) is 0.0458. The molecule has 1 unspecified atom stereocenters. The summed E-state index contributed by atoms with van der Waals surface area (Å²) in [4.78, 5) is 184. The van der Waals surface area contributed by atoms with E-state index < -0.39 is 168 Å². The van der Waals surface area contributed by atoms with Crippen molar-refractivity contribution in [3.63, 3.8) is 0 Å². The van der Waals surface area contributed by atoms with Crippen LogP contribution in [0.2, 0.25) is 0 Å². The number of methoxy groups -OCH3 is 1. The van der Waals surface area contributed by atoms with Crippen molar-refractivity contribution in [2.24, 2.45) is 5.41 Å². The van der Waals surface area contributed by atoms with Gasteiger partial charge in [-0.05, 0) is 110 Å². The number of aliphatic hydroxyl groups excluding tert-OH is 1. The van der Waals surface area contributed by atoms with Crippen molar-refractivity contribution in [1.29, 1.82) is 0 Å². The number of nitrogens with zero attached hydrogens (tertiary/aromatic N) is 8. The van der Waals surface area contributed by atoms with Gasteiger partial charge in [-0.15, -0.1) is 5.10 Å². The third kappa shape index (κ3) is 21.2. The predicted octanol–water partition coefficient (Wildman–Crippen LogP) is -0.496. The van der Waals surface area contributed by atoms with Gasteiger partial charge in [-0.25, -0.2) is 4.39 Å². The van der Waals surface area contributed by atoms with Gasteiger partial charge in [0.2, 0.25) is 70.9 Å². The van der Waals surface area contributed by atoms with Gasteiger partial charge in [-0.2, -0.15) is 0 Å². The fraction of sp³-hybridized carbons (Fsp3) is 0.518. The van der Waals surface area contributed by atoms with Crippen LogP contribution in [0.4, 0.5) is 4.39 Å². The number of quaternary nitrogens is 1. The highest BCUT2D eigenvalue weighted by atomic mass is 19.1. The average molecular weight is 1630 g/mol. The lowest BCUT2D eigenvalue weighted by Gasteiger charge is -2.37. The lowest BCUT2D eigenvalue weighted by molar-refractivity contribution is -0.870. The standard InChI is InChI=1S/C83H106FN17O17/c1-50-74(107)92-65(44-87-67(103)24-33-116-35-36-117-34-32-101(4,5)6)76(109)89-62-40-54-12-9-13-55(38-54)43-86-69(105)49-118-73-72-83(73)26-29-99(72)78(111)64(90-75(62)108)41-57-46-97(66-20-17-58(84)42-61(57)66)47-59-48-98(95-94-59)31-30-96(70(106)22-21-68(104)88-50)45-56-14-8-11-52(37-56)23-27-85-80(113)82(3)25-10-28-100(82)79(112)63(39-53-15-18-60(115-7)19-16-53)91-77(110)71(51(2)102)93-81(83)114/h8-9,11-20,37-38,42,46,48,50-51,62-65,71-73,102H,10,21-36,39-41,43-45,47,49H2,1-7H3,(H8-,85,86,87,88,89,90,91,92,93,103,104,105,107,108,109,110,113,114)/p+1/t50-,51+,62-,63-,64-,65+,71-,72-,73+,82-,83?/m0/s1. The first-order valence-electron chi connectivity index (χ1n) is 40.2. The van der Waals surface area contributed by atoms with Crippen LogP contribution in [-0.4, -0.2) is 275 Å². The first kappa shape index (κ1) is 86.1. The highest BCUT2D eigenvalue weighted by molar-refractivity contribution is 6.01. The molecule has 10 N–H and O–H groups in total. The van der Waals surface area contributed by atoms with Gasteiger partial charge in [0.25, 0.3) is 0 Å². The number of halogens is 1. The molecule has 7 heterocycles. The Labute approximate surface area is 682 Å². The minimum atomic E-state index is -1.80. The minimum absolute atomic E-state index is 0.0175. The number of amides is 12. The Morgan fingerprint density at radius 2 is 1.43 bits per heavy atom. The van der Waals surface area contributed by atoms with Gasteiger partial charge >= 0.3 is 0 Å². The number of likely N-dealkylation sites (N-methyl/N-ethyl adjacent to an activating group) is 1. The highest BCUT2D eigenvalue weighted by Crippen LogP contribution is 2.59. The molecule has 0 spiro atoms. The van der Waals surface area contributed by atoms with Crippen LogP contribution in [0.15, 0.2) is 103 Å². The van der Waals surface area contributed by atoms with E-state index in [0.29, 0.717) is 74.1 Å². The monoisotopic (exact) mass is 1630 g/mol. The van der Waals surface area contributed by atoms with Crippen molar-refractivity contribution in [2.45, 2.75) is 171 Å². The summed E-state index contributed by atoms with van der Waals surface area (Å²) >= 11 is 0. The van der Waals surface area contributed by atoms with Crippen LogP contribution in [0.5, 0.6) is 5.75 Å². The largest absolute Gasteiger partial charge is 0.497 e. The van der Waals surface area contributed by atoms with Crippen LogP contribution >= 0.6 is 0 Å². The molecule has 0 radical (unpaired) electrons. The SMILES string of the molecule is COc1ccc(C[C@@H]2NC(=O)[C@H]([C@@H](C)O)NC(=O)C34CCN5C(=O)[C@@H]6Cc7cn(c8ccc(F)cc78)Cc7cn(nn7)CCN(Cc7cccc(c7)CCNC(=O)[C@]7(C)CCCN7C2=O)C(=O)CCC(=O)N[C@@H](C)C(=O)N[C@H](CNC(=O)CCOCCOCC[N+](C)(C)C)C(=O)N[C@@H](Cc2cccc(c2)CNC(=O)CO[C@@H]3[C@H]54)C(=O)N6)cc1. The summed E-state index contributed by atoms with van der Waals surface area (Å²) < 4.78 is 43.1. The van der Waals surface area contributed by atoms with E-state index in [1.54, 1.807) is 82.0 Å². The second-order valence-electron chi connectivity index (χ2n) is 32.5. The molecular formula is C83H107FN17O17+. The first-order chi connectivity index (χ1) is 56.4. The molecule has 1 aliphatic carbocycles. The Morgan fingerprint density at radius 1 is 0.703 bits per heavy atom. The fourth-order valence-electron chi connectivity index (χ4n) is 16.1. The van der Waals surface area contributed by atoms with Crippen LogP contribution in [0.25, 0.3) is 10.9 Å². The summed E-state index contributed by atoms with van der Waals surface area (Å²) in [5, 5.41) is 46.0. The molecule has 4 aromatic carbocycles. The van der Waals surface area contributed by atoms with Crippen molar-refractivity contribution in [3.05, 3.63) is 148 Å². The number of hydrogen-bond acceptors (Lipinski definition) is 19. The number of fused-ring (bicyclic) bond motifs is 10. The van der Waals surface area contributed by atoms with E-state index in [-0.39, 0.29) is 111 Å².